The molecule has 0 atom stereocenters. The van der Waals surface area contributed by atoms with Crippen molar-refractivity contribution in [3.63, 3.8) is 0 Å². The Balaban J connectivity index is 2.57. The Bertz CT molecular complexity index is 791. The molecule has 138 valence electrons. The molecule has 1 heterocycles. The number of allylic oxidation sites excluding steroid dienone is 1. The van der Waals surface area contributed by atoms with Crippen molar-refractivity contribution in [3.8, 4) is 11.5 Å². The third-order valence-electron chi connectivity index (χ3n) is 4.04. The van der Waals surface area contributed by atoms with Crippen LogP contribution in [0.2, 0.25) is 0 Å². The monoisotopic (exact) mass is 357 g/mol. The SMILES string of the molecule is C=CCN1C(=O)C(=Cc2ccc(OC)cc2OC)C(C(=O)OCC)=C1C. The Kier molecular flexibility index (Phi) is 6.22. The van der Waals surface area contributed by atoms with Crippen LogP contribution in [0.3, 0.4) is 0 Å². The van der Waals surface area contributed by atoms with E-state index in [1.807, 2.05) is 0 Å². The normalized spacial score (nSPS) is 15.5. The second-order valence-electron chi connectivity index (χ2n) is 5.55. The predicted molar refractivity (Wildman–Crippen MR) is 98.8 cm³/mol. The van der Waals surface area contributed by atoms with Gasteiger partial charge in [0.15, 0.2) is 0 Å². The van der Waals surface area contributed by atoms with E-state index in [1.54, 1.807) is 51.3 Å². The van der Waals surface area contributed by atoms with Gasteiger partial charge in [0.2, 0.25) is 0 Å². The zero-order chi connectivity index (χ0) is 19.3. The Morgan fingerprint density at radius 1 is 1.27 bits per heavy atom. The first-order chi connectivity index (χ1) is 12.5. The van der Waals surface area contributed by atoms with E-state index >= 15 is 0 Å². The molecule has 0 aliphatic carbocycles. The molecule has 1 aromatic rings. The zero-order valence-electron chi connectivity index (χ0n) is 15.5. The molecule has 0 saturated heterocycles. The first-order valence-corrected chi connectivity index (χ1v) is 8.23. The number of methoxy groups -OCH3 is 2. The summed E-state index contributed by atoms with van der Waals surface area (Å²) in [6, 6.07) is 5.25. The lowest BCUT2D eigenvalue weighted by molar-refractivity contribution is -0.138. The highest BCUT2D eigenvalue weighted by molar-refractivity contribution is 6.16. The molecule has 2 rings (SSSR count). The second kappa shape index (κ2) is 8.38. The first kappa shape index (κ1) is 19.3. The third kappa shape index (κ3) is 3.64. The van der Waals surface area contributed by atoms with Crippen LogP contribution in [0.4, 0.5) is 0 Å². The van der Waals surface area contributed by atoms with Crippen LogP contribution in [-0.2, 0) is 14.3 Å². The summed E-state index contributed by atoms with van der Waals surface area (Å²) in [5, 5.41) is 0. The predicted octanol–water partition coefficient (Wildman–Crippen LogP) is 2.95. The van der Waals surface area contributed by atoms with Crippen LogP contribution in [0.25, 0.3) is 6.08 Å². The Labute approximate surface area is 153 Å². The maximum Gasteiger partial charge on any atom is 0.340 e. The molecule has 0 aromatic heterocycles. The molecule has 0 fully saturated rings. The van der Waals surface area contributed by atoms with Crippen LogP contribution in [0.1, 0.15) is 19.4 Å². The van der Waals surface area contributed by atoms with E-state index in [0.29, 0.717) is 29.3 Å². The summed E-state index contributed by atoms with van der Waals surface area (Å²) < 4.78 is 15.7. The van der Waals surface area contributed by atoms with E-state index in [0.717, 1.165) is 0 Å². The number of hydrogen-bond acceptors (Lipinski definition) is 5. The quantitative estimate of drug-likeness (QED) is 0.426. The minimum absolute atomic E-state index is 0.227. The van der Waals surface area contributed by atoms with Gasteiger partial charge in [-0.2, -0.15) is 0 Å². The molecule has 1 aromatic carbocycles. The number of carbonyl (C=O) groups excluding carboxylic acids is 2. The summed E-state index contributed by atoms with van der Waals surface area (Å²) in [5.41, 5.74) is 1.74. The van der Waals surface area contributed by atoms with Gasteiger partial charge in [-0.15, -0.1) is 6.58 Å². The second-order valence-corrected chi connectivity index (χ2v) is 5.55. The average Bonchev–Trinajstić information content (AvgIpc) is 2.87. The molecule has 0 spiro atoms. The summed E-state index contributed by atoms with van der Waals surface area (Å²) in [5.74, 6) is 0.368. The Morgan fingerprint density at radius 3 is 2.58 bits per heavy atom. The van der Waals surface area contributed by atoms with Crippen LogP contribution in [0.5, 0.6) is 11.5 Å². The fourth-order valence-electron chi connectivity index (χ4n) is 2.77. The lowest BCUT2D eigenvalue weighted by Gasteiger charge is -2.14. The van der Waals surface area contributed by atoms with Gasteiger partial charge in [0.1, 0.15) is 11.5 Å². The fourth-order valence-corrected chi connectivity index (χ4v) is 2.77. The molecule has 1 aliphatic rings. The van der Waals surface area contributed by atoms with Crippen molar-refractivity contribution in [3.05, 3.63) is 53.3 Å². The van der Waals surface area contributed by atoms with E-state index in [2.05, 4.69) is 6.58 Å². The lowest BCUT2D eigenvalue weighted by atomic mass is 10.0. The number of rotatable bonds is 7. The fraction of sp³-hybridized carbons (Fsp3) is 0.300. The Hall–Kier alpha value is -3.02. The molecule has 0 unspecified atom stereocenters. The Morgan fingerprint density at radius 2 is 2.00 bits per heavy atom. The number of hydrogen-bond donors (Lipinski definition) is 0. The van der Waals surface area contributed by atoms with Gasteiger partial charge in [-0.05, 0) is 32.1 Å². The molecule has 0 N–H and O–H groups in total. The third-order valence-corrected chi connectivity index (χ3v) is 4.04. The maximum atomic E-state index is 12.8. The minimum Gasteiger partial charge on any atom is -0.497 e. The molecule has 1 amide bonds. The molecule has 1 aliphatic heterocycles. The topological polar surface area (TPSA) is 65.1 Å². The number of esters is 1. The van der Waals surface area contributed by atoms with Gasteiger partial charge < -0.3 is 19.1 Å². The molecular weight excluding hydrogens is 334 g/mol. The van der Waals surface area contributed by atoms with Crippen molar-refractivity contribution < 1.29 is 23.8 Å². The van der Waals surface area contributed by atoms with Crippen molar-refractivity contribution in [1.82, 2.24) is 4.90 Å². The summed E-state index contributed by atoms with van der Waals surface area (Å²) in [4.78, 5) is 26.8. The smallest absolute Gasteiger partial charge is 0.340 e. The minimum atomic E-state index is -0.524. The highest BCUT2D eigenvalue weighted by Crippen LogP contribution is 2.34. The van der Waals surface area contributed by atoms with Crippen LogP contribution >= 0.6 is 0 Å². The van der Waals surface area contributed by atoms with Crippen LogP contribution in [0, 0.1) is 0 Å². The van der Waals surface area contributed by atoms with E-state index in [-0.39, 0.29) is 23.7 Å². The molecule has 26 heavy (non-hydrogen) atoms. The standard InChI is InChI=1S/C20H23NO5/c1-6-10-21-13(3)18(20(23)26-7-2)16(19(21)22)11-14-8-9-15(24-4)12-17(14)25-5/h6,8-9,11-12H,1,7,10H2,2-5H3. The molecule has 6 nitrogen and oxygen atoms in total. The molecular formula is C20H23NO5. The van der Waals surface area contributed by atoms with Gasteiger partial charge in [0, 0.05) is 23.9 Å². The van der Waals surface area contributed by atoms with Crippen LogP contribution in [0.15, 0.2) is 47.7 Å². The van der Waals surface area contributed by atoms with Crippen LogP contribution in [-0.4, -0.2) is 44.1 Å². The summed E-state index contributed by atoms with van der Waals surface area (Å²) in [6.07, 6.45) is 3.25. The molecule has 0 saturated carbocycles. The van der Waals surface area contributed by atoms with Crippen molar-refractivity contribution in [1.29, 1.82) is 0 Å². The number of amides is 1. The number of ether oxygens (including phenoxy) is 3. The van der Waals surface area contributed by atoms with Gasteiger partial charge in [0.25, 0.3) is 5.91 Å². The highest BCUT2D eigenvalue weighted by atomic mass is 16.5. The van der Waals surface area contributed by atoms with Gasteiger partial charge in [-0.25, -0.2) is 4.79 Å². The highest BCUT2D eigenvalue weighted by Gasteiger charge is 2.36. The van der Waals surface area contributed by atoms with Crippen LogP contribution < -0.4 is 9.47 Å². The maximum absolute atomic E-state index is 12.8. The van der Waals surface area contributed by atoms with Crippen molar-refractivity contribution in [2.75, 3.05) is 27.4 Å². The molecule has 0 bridgehead atoms. The van der Waals surface area contributed by atoms with Crippen molar-refractivity contribution >= 4 is 18.0 Å². The van der Waals surface area contributed by atoms with E-state index in [1.165, 1.54) is 12.0 Å². The molecule has 0 radical (unpaired) electrons. The summed E-state index contributed by atoms with van der Waals surface area (Å²) in [7, 11) is 3.09. The number of benzene rings is 1. The largest absolute Gasteiger partial charge is 0.497 e. The molecule has 6 heteroatoms. The first-order valence-electron chi connectivity index (χ1n) is 8.23. The summed E-state index contributed by atoms with van der Waals surface area (Å²) in [6.45, 7) is 7.65. The zero-order valence-corrected chi connectivity index (χ0v) is 15.5. The van der Waals surface area contributed by atoms with Gasteiger partial charge >= 0.3 is 5.97 Å². The van der Waals surface area contributed by atoms with E-state index < -0.39 is 5.97 Å². The number of nitrogens with zero attached hydrogens (tertiary/aromatic N) is 1. The van der Waals surface area contributed by atoms with E-state index in [4.69, 9.17) is 14.2 Å². The van der Waals surface area contributed by atoms with Gasteiger partial charge in [0.05, 0.1) is 32.0 Å². The lowest BCUT2D eigenvalue weighted by Crippen LogP contribution is -2.25. The summed E-state index contributed by atoms with van der Waals surface area (Å²) >= 11 is 0. The van der Waals surface area contributed by atoms with E-state index in [9.17, 15) is 9.59 Å². The average molecular weight is 357 g/mol. The number of carbonyl (C=O) groups is 2. The van der Waals surface area contributed by atoms with Crippen molar-refractivity contribution in [2.24, 2.45) is 0 Å². The van der Waals surface area contributed by atoms with Gasteiger partial charge in [-0.1, -0.05) is 6.08 Å². The van der Waals surface area contributed by atoms with Crippen molar-refractivity contribution in [2.45, 2.75) is 13.8 Å². The van der Waals surface area contributed by atoms with Gasteiger partial charge in [-0.3, -0.25) is 4.79 Å².